The van der Waals surface area contributed by atoms with Gasteiger partial charge in [0.1, 0.15) is 17.5 Å². The smallest absolute Gasteiger partial charge is 0.264 e. The highest BCUT2D eigenvalue weighted by molar-refractivity contribution is 5.74. The minimum absolute atomic E-state index is 0.181. The lowest BCUT2D eigenvalue weighted by Crippen LogP contribution is -2.47. The Morgan fingerprint density at radius 2 is 1.51 bits per heavy atom. The second-order valence-electron chi connectivity index (χ2n) is 10.7. The molecule has 39 heavy (non-hydrogen) atoms. The average molecular weight is 533 g/mol. The molecule has 0 spiro atoms. The van der Waals surface area contributed by atoms with E-state index in [4.69, 9.17) is 4.74 Å². The van der Waals surface area contributed by atoms with Crippen molar-refractivity contribution >= 4 is 11.0 Å². The standard InChI is InChI=1S/C29H33FN6O3/c30-24-5-7-25(8-6-24)36-27-26(17-32-36)28(37)35(21-31-27)20-29(38)9-11-33(12-10-29)18-22-1-3-23(4-2-22)19-34-13-15-39-16-14-34/h1-8,17,21,38H,9-16,18-20H2. The van der Waals surface area contributed by atoms with Crippen LogP contribution in [0, 0.1) is 5.82 Å². The highest BCUT2D eigenvalue weighted by Crippen LogP contribution is 2.25. The molecule has 0 amide bonds. The molecule has 0 bridgehead atoms. The molecule has 4 heterocycles. The van der Waals surface area contributed by atoms with E-state index < -0.39 is 5.60 Å². The van der Waals surface area contributed by atoms with Gasteiger partial charge in [0.25, 0.3) is 5.56 Å². The Bertz CT molecular complexity index is 1470. The monoisotopic (exact) mass is 532 g/mol. The number of rotatable bonds is 7. The Balaban J connectivity index is 1.06. The van der Waals surface area contributed by atoms with E-state index in [1.807, 2.05) is 0 Å². The van der Waals surface area contributed by atoms with Gasteiger partial charge in [0, 0.05) is 39.3 Å². The summed E-state index contributed by atoms with van der Waals surface area (Å²) in [5.41, 5.74) is 2.36. The summed E-state index contributed by atoms with van der Waals surface area (Å²) in [6.45, 7) is 7.04. The molecule has 2 fully saturated rings. The first-order valence-corrected chi connectivity index (χ1v) is 13.5. The number of aliphatic hydroxyl groups is 1. The van der Waals surface area contributed by atoms with Crippen molar-refractivity contribution in [2.75, 3.05) is 39.4 Å². The van der Waals surface area contributed by atoms with E-state index in [0.717, 1.165) is 52.5 Å². The largest absolute Gasteiger partial charge is 0.388 e. The Hall–Kier alpha value is -3.44. The number of halogens is 1. The molecule has 9 nitrogen and oxygen atoms in total. The molecule has 2 aromatic carbocycles. The summed E-state index contributed by atoms with van der Waals surface area (Å²) >= 11 is 0. The van der Waals surface area contributed by atoms with Crippen LogP contribution in [0.2, 0.25) is 0 Å². The summed E-state index contributed by atoms with van der Waals surface area (Å²) in [5.74, 6) is -0.345. The number of piperidine rings is 1. The summed E-state index contributed by atoms with van der Waals surface area (Å²) in [4.78, 5) is 22.4. The van der Waals surface area contributed by atoms with E-state index in [9.17, 15) is 14.3 Å². The first kappa shape index (κ1) is 25.8. The molecular formula is C29H33FN6O3. The van der Waals surface area contributed by atoms with Crippen LogP contribution in [-0.2, 0) is 24.4 Å². The van der Waals surface area contributed by atoms with Crippen molar-refractivity contribution in [1.82, 2.24) is 29.1 Å². The van der Waals surface area contributed by atoms with E-state index in [0.29, 0.717) is 29.6 Å². The highest BCUT2D eigenvalue weighted by atomic mass is 19.1. The van der Waals surface area contributed by atoms with Gasteiger partial charge in [-0.15, -0.1) is 0 Å². The van der Waals surface area contributed by atoms with Crippen LogP contribution < -0.4 is 5.56 Å². The summed E-state index contributed by atoms with van der Waals surface area (Å²) < 4.78 is 21.7. The lowest BCUT2D eigenvalue weighted by molar-refractivity contribution is -0.0364. The van der Waals surface area contributed by atoms with Crippen LogP contribution in [0.1, 0.15) is 24.0 Å². The minimum atomic E-state index is -0.981. The van der Waals surface area contributed by atoms with Gasteiger partial charge in [-0.3, -0.25) is 19.2 Å². The van der Waals surface area contributed by atoms with Crippen molar-refractivity contribution in [2.45, 2.75) is 38.1 Å². The first-order valence-electron chi connectivity index (χ1n) is 13.5. The van der Waals surface area contributed by atoms with E-state index in [1.54, 1.807) is 12.1 Å². The Kier molecular flexibility index (Phi) is 7.26. The highest BCUT2D eigenvalue weighted by Gasteiger charge is 2.33. The van der Waals surface area contributed by atoms with Crippen LogP contribution in [0.25, 0.3) is 16.7 Å². The van der Waals surface area contributed by atoms with Gasteiger partial charge < -0.3 is 9.84 Å². The van der Waals surface area contributed by atoms with Crippen LogP contribution in [0.4, 0.5) is 4.39 Å². The van der Waals surface area contributed by atoms with E-state index in [2.05, 4.69) is 44.1 Å². The van der Waals surface area contributed by atoms with Gasteiger partial charge in [-0.25, -0.2) is 14.1 Å². The van der Waals surface area contributed by atoms with Crippen molar-refractivity contribution in [1.29, 1.82) is 0 Å². The molecule has 1 N–H and O–H groups in total. The lowest BCUT2D eigenvalue weighted by atomic mass is 9.91. The second-order valence-corrected chi connectivity index (χ2v) is 10.7. The fourth-order valence-electron chi connectivity index (χ4n) is 5.46. The predicted octanol–water partition coefficient (Wildman–Crippen LogP) is 2.58. The first-order chi connectivity index (χ1) is 19.0. The molecule has 204 valence electrons. The third-order valence-electron chi connectivity index (χ3n) is 7.82. The maximum atomic E-state index is 13.3. The fourth-order valence-corrected chi connectivity index (χ4v) is 5.46. The minimum Gasteiger partial charge on any atom is -0.388 e. The fraction of sp³-hybridized carbons (Fsp3) is 0.414. The van der Waals surface area contributed by atoms with Crippen molar-refractivity contribution in [2.24, 2.45) is 0 Å². The number of morpholine rings is 1. The molecular weight excluding hydrogens is 499 g/mol. The van der Waals surface area contributed by atoms with Gasteiger partial charge >= 0.3 is 0 Å². The zero-order valence-electron chi connectivity index (χ0n) is 21.9. The predicted molar refractivity (Wildman–Crippen MR) is 145 cm³/mol. The van der Waals surface area contributed by atoms with Crippen molar-refractivity contribution < 1.29 is 14.2 Å². The van der Waals surface area contributed by atoms with Gasteiger partial charge in [0.2, 0.25) is 0 Å². The molecule has 2 aliphatic rings. The number of likely N-dealkylation sites (tertiary alicyclic amines) is 1. The summed E-state index contributed by atoms with van der Waals surface area (Å²) in [5, 5.41) is 16.0. The van der Waals surface area contributed by atoms with Crippen LogP contribution in [0.15, 0.2) is 65.8 Å². The van der Waals surface area contributed by atoms with Crippen LogP contribution in [-0.4, -0.2) is 79.2 Å². The van der Waals surface area contributed by atoms with Crippen LogP contribution in [0.3, 0.4) is 0 Å². The molecule has 10 heteroatoms. The number of benzene rings is 2. The summed E-state index contributed by atoms with van der Waals surface area (Å²) in [6, 6.07) is 14.7. The molecule has 0 atom stereocenters. The topological polar surface area (TPSA) is 88.6 Å². The number of hydrogen-bond acceptors (Lipinski definition) is 7. The maximum Gasteiger partial charge on any atom is 0.264 e. The second kappa shape index (κ2) is 11.0. The number of hydrogen-bond donors (Lipinski definition) is 1. The molecule has 2 aromatic heterocycles. The Labute approximate surface area is 226 Å². The van der Waals surface area contributed by atoms with E-state index in [-0.39, 0.29) is 17.9 Å². The van der Waals surface area contributed by atoms with Gasteiger partial charge in [0.05, 0.1) is 37.2 Å². The van der Waals surface area contributed by atoms with Gasteiger partial charge in [-0.1, -0.05) is 24.3 Å². The molecule has 0 radical (unpaired) electrons. The third kappa shape index (κ3) is 5.79. The lowest BCUT2D eigenvalue weighted by Gasteiger charge is -2.38. The van der Waals surface area contributed by atoms with Gasteiger partial charge in [0.15, 0.2) is 5.65 Å². The van der Waals surface area contributed by atoms with E-state index >= 15 is 0 Å². The van der Waals surface area contributed by atoms with Crippen LogP contribution in [0.5, 0.6) is 0 Å². The van der Waals surface area contributed by atoms with Gasteiger partial charge in [-0.05, 0) is 48.2 Å². The van der Waals surface area contributed by atoms with Crippen molar-refractivity contribution in [3.05, 3.63) is 88.4 Å². The molecule has 0 aliphatic carbocycles. The van der Waals surface area contributed by atoms with Crippen LogP contribution >= 0.6 is 0 Å². The molecule has 4 aromatic rings. The zero-order chi connectivity index (χ0) is 26.8. The van der Waals surface area contributed by atoms with Gasteiger partial charge in [-0.2, -0.15) is 5.10 Å². The Morgan fingerprint density at radius 1 is 0.897 bits per heavy atom. The quantitative estimate of drug-likeness (QED) is 0.392. The Morgan fingerprint density at radius 3 is 2.15 bits per heavy atom. The summed E-state index contributed by atoms with van der Waals surface area (Å²) in [7, 11) is 0. The molecule has 2 aliphatic heterocycles. The number of ether oxygens (including phenoxy) is 1. The summed E-state index contributed by atoms with van der Waals surface area (Å²) in [6.07, 6.45) is 4.08. The van der Waals surface area contributed by atoms with Crippen molar-refractivity contribution in [3.63, 3.8) is 0 Å². The number of fused-ring (bicyclic) bond motifs is 1. The normalized spacial score (nSPS) is 18.5. The zero-order valence-corrected chi connectivity index (χ0v) is 21.9. The molecule has 0 unspecified atom stereocenters. The third-order valence-corrected chi connectivity index (χ3v) is 7.82. The molecule has 2 saturated heterocycles. The number of aromatic nitrogens is 4. The molecule has 6 rings (SSSR count). The van der Waals surface area contributed by atoms with Crippen molar-refractivity contribution in [3.8, 4) is 5.69 Å². The average Bonchev–Trinajstić information content (AvgIpc) is 3.39. The maximum absolute atomic E-state index is 13.3. The molecule has 0 saturated carbocycles. The SMILES string of the molecule is O=c1c2cnn(-c3ccc(F)cc3)c2ncn1CC1(O)CCN(Cc2ccc(CN3CCOCC3)cc2)CC1. The van der Waals surface area contributed by atoms with E-state index in [1.165, 1.54) is 45.0 Å². The number of nitrogens with zero attached hydrogens (tertiary/aromatic N) is 6.